The van der Waals surface area contributed by atoms with Gasteiger partial charge in [0.25, 0.3) is 0 Å². The maximum absolute atomic E-state index is 9.63. The Morgan fingerprint density at radius 3 is 2.80 bits per heavy atom. The number of nitrogens with zero attached hydrogens (tertiary/aromatic N) is 1. The fourth-order valence-electron chi connectivity index (χ4n) is 1.54. The van der Waals surface area contributed by atoms with Gasteiger partial charge in [-0.15, -0.1) is 0 Å². The van der Waals surface area contributed by atoms with Crippen molar-refractivity contribution in [2.24, 2.45) is 5.73 Å². The Morgan fingerprint density at radius 1 is 1.27 bits per heavy atom. The van der Waals surface area contributed by atoms with Crippen molar-refractivity contribution in [3.8, 4) is 11.5 Å². The molecule has 0 amide bonds. The predicted molar refractivity (Wildman–Crippen MR) is 57.8 cm³/mol. The summed E-state index contributed by atoms with van der Waals surface area (Å²) in [5.74, 6) is -0.328. The number of aromatic hydroxyl groups is 2. The van der Waals surface area contributed by atoms with Gasteiger partial charge in [0.05, 0.1) is 11.7 Å². The van der Waals surface area contributed by atoms with Crippen molar-refractivity contribution >= 4 is 10.9 Å². The van der Waals surface area contributed by atoms with Crippen molar-refractivity contribution < 1.29 is 10.2 Å². The largest absolute Gasteiger partial charge is 0.504 e. The lowest BCUT2D eigenvalue weighted by Crippen LogP contribution is -2.02. The Kier molecular flexibility index (Phi) is 2.43. The molecule has 4 nitrogen and oxygen atoms in total. The summed E-state index contributed by atoms with van der Waals surface area (Å²) in [6.45, 7) is 0.554. The number of rotatable bonds is 2. The van der Waals surface area contributed by atoms with E-state index in [9.17, 15) is 10.2 Å². The van der Waals surface area contributed by atoms with Crippen molar-refractivity contribution in [3.63, 3.8) is 0 Å². The molecule has 0 unspecified atom stereocenters. The Labute approximate surface area is 87.0 Å². The molecule has 0 fully saturated rings. The minimum absolute atomic E-state index is 0.126. The predicted octanol–water partition coefficient (Wildman–Crippen LogP) is 1.15. The standard InChI is InChI=1S/C11H12N2O2/c12-4-3-7-1-2-9-8(5-7)11(15)10(14)6-13-9/h1-2,5-6,14H,3-4,12H2,(H,13,15). The van der Waals surface area contributed by atoms with Crippen molar-refractivity contribution in [2.75, 3.05) is 6.54 Å². The zero-order valence-electron chi connectivity index (χ0n) is 8.14. The van der Waals surface area contributed by atoms with Gasteiger partial charge in [0.2, 0.25) is 0 Å². The van der Waals surface area contributed by atoms with Gasteiger partial charge in [-0.1, -0.05) is 6.07 Å². The van der Waals surface area contributed by atoms with Gasteiger partial charge < -0.3 is 15.9 Å². The molecule has 0 saturated heterocycles. The average molecular weight is 204 g/mol. The van der Waals surface area contributed by atoms with E-state index in [1.54, 1.807) is 12.1 Å². The molecule has 78 valence electrons. The van der Waals surface area contributed by atoms with Gasteiger partial charge in [0, 0.05) is 5.39 Å². The van der Waals surface area contributed by atoms with Crippen LogP contribution >= 0.6 is 0 Å². The molecule has 0 spiro atoms. The minimum atomic E-state index is -0.201. The molecule has 2 aromatic rings. The Bertz CT molecular complexity index is 497. The fraction of sp³-hybridized carbons (Fsp3) is 0.182. The van der Waals surface area contributed by atoms with E-state index in [0.717, 1.165) is 12.0 Å². The van der Waals surface area contributed by atoms with Crippen molar-refractivity contribution in [2.45, 2.75) is 6.42 Å². The molecule has 0 bridgehead atoms. The zero-order valence-corrected chi connectivity index (χ0v) is 8.14. The lowest BCUT2D eigenvalue weighted by Gasteiger charge is -2.04. The molecule has 4 heteroatoms. The number of nitrogens with two attached hydrogens (primary N) is 1. The van der Waals surface area contributed by atoms with Crippen molar-refractivity contribution in [3.05, 3.63) is 30.0 Å². The van der Waals surface area contributed by atoms with Crippen LogP contribution < -0.4 is 5.73 Å². The van der Waals surface area contributed by atoms with Gasteiger partial charge in [0.1, 0.15) is 0 Å². The molecule has 0 aliphatic rings. The minimum Gasteiger partial charge on any atom is -0.504 e. The van der Waals surface area contributed by atoms with Crippen LogP contribution in [0, 0.1) is 0 Å². The normalized spacial score (nSPS) is 10.7. The molecule has 1 aromatic carbocycles. The van der Waals surface area contributed by atoms with Gasteiger partial charge in [-0.3, -0.25) is 4.98 Å². The molecule has 0 aliphatic heterocycles. The second kappa shape index (κ2) is 3.74. The molecule has 1 aromatic heterocycles. The molecule has 15 heavy (non-hydrogen) atoms. The Morgan fingerprint density at radius 2 is 2.07 bits per heavy atom. The fourth-order valence-corrected chi connectivity index (χ4v) is 1.54. The van der Waals surface area contributed by atoms with Gasteiger partial charge in [-0.05, 0) is 30.7 Å². The molecule has 4 N–H and O–H groups in total. The lowest BCUT2D eigenvalue weighted by molar-refractivity contribution is 0.406. The first kappa shape index (κ1) is 9.73. The Balaban J connectivity index is 2.63. The smallest absolute Gasteiger partial charge is 0.176 e. The summed E-state index contributed by atoms with van der Waals surface area (Å²) < 4.78 is 0. The van der Waals surface area contributed by atoms with Gasteiger partial charge in [-0.25, -0.2) is 0 Å². The van der Waals surface area contributed by atoms with Crippen LogP contribution in [0.1, 0.15) is 5.56 Å². The summed E-state index contributed by atoms with van der Waals surface area (Å²) in [6.07, 6.45) is 1.98. The number of hydrogen-bond acceptors (Lipinski definition) is 4. The molecule has 0 atom stereocenters. The number of hydrogen-bond donors (Lipinski definition) is 3. The Hall–Kier alpha value is -1.81. The molecule has 0 aliphatic carbocycles. The third-order valence-corrected chi connectivity index (χ3v) is 2.32. The quantitative estimate of drug-likeness (QED) is 0.685. The van der Waals surface area contributed by atoms with E-state index >= 15 is 0 Å². The number of benzene rings is 1. The van der Waals surface area contributed by atoms with Gasteiger partial charge >= 0.3 is 0 Å². The second-order valence-corrected chi connectivity index (χ2v) is 3.38. The zero-order chi connectivity index (χ0) is 10.8. The summed E-state index contributed by atoms with van der Waals surface area (Å²) in [5.41, 5.74) is 7.12. The van der Waals surface area contributed by atoms with Crippen molar-refractivity contribution in [1.29, 1.82) is 0 Å². The molecular weight excluding hydrogens is 192 g/mol. The molecule has 2 rings (SSSR count). The summed E-state index contributed by atoms with van der Waals surface area (Å²) in [7, 11) is 0. The maximum atomic E-state index is 9.63. The van der Waals surface area contributed by atoms with E-state index < -0.39 is 0 Å². The van der Waals surface area contributed by atoms with Crippen LogP contribution in [0.2, 0.25) is 0 Å². The van der Waals surface area contributed by atoms with Crippen LogP contribution in [0.5, 0.6) is 11.5 Å². The van der Waals surface area contributed by atoms with E-state index in [4.69, 9.17) is 5.73 Å². The summed E-state index contributed by atoms with van der Waals surface area (Å²) >= 11 is 0. The van der Waals surface area contributed by atoms with Crippen LogP contribution in [-0.4, -0.2) is 21.7 Å². The third-order valence-electron chi connectivity index (χ3n) is 2.32. The SMILES string of the molecule is NCCc1ccc2ncc(O)c(O)c2c1. The first-order chi connectivity index (χ1) is 7.22. The van der Waals surface area contributed by atoms with E-state index in [-0.39, 0.29) is 11.5 Å². The molecule has 0 saturated carbocycles. The third kappa shape index (κ3) is 1.71. The number of pyridine rings is 1. The first-order valence-corrected chi connectivity index (χ1v) is 4.72. The molecule has 0 radical (unpaired) electrons. The van der Waals surface area contributed by atoms with Crippen molar-refractivity contribution in [1.82, 2.24) is 4.98 Å². The van der Waals surface area contributed by atoms with E-state index in [1.165, 1.54) is 6.20 Å². The van der Waals surface area contributed by atoms with E-state index in [2.05, 4.69) is 4.98 Å². The summed E-state index contributed by atoms with van der Waals surface area (Å²) in [4.78, 5) is 4.00. The van der Waals surface area contributed by atoms with E-state index in [0.29, 0.717) is 17.4 Å². The summed E-state index contributed by atoms with van der Waals surface area (Å²) in [5, 5.41) is 19.5. The summed E-state index contributed by atoms with van der Waals surface area (Å²) in [6, 6.07) is 5.52. The highest BCUT2D eigenvalue weighted by atomic mass is 16.3. The van der Waals surface area contributed by atoms with Crippen LogP contribution in [0.3, 0.4) is 0 Å². The monoisotopic (exact) mass is 204 g/mol. The number of fused-ring (bicyclic) bond motifs is 1. The lowest BCUT2D eigenvalue weighted by atomic mass is 10.1. The molecule has 1 heterocycles. The molecular formula is C11H12N2O2. The van der Waals surface area contributed by atoms with Crippen LogP contribution in [-0.2, 0) is 6.42 Å². The van der Waals surface area contributed by atoms with Crippen LogP contribution in [0.25, 0.3) is 10.9 Å². The first-order valence-electron chi connectivity index (χ1n) is 4.72. The highest BCUT2D eigenvalue weighted by Crippen LogP contribution is 2.32. The van der Waals surface area contributed by atoms with Crippen LogP contribution in [0.15, 0.2) is 24.4 Å². The van der Waals surface area contributed by atoms with Gasteiger partial charge in [-0.2, -0.15) is 0 Å². The highest BCUT2D eigenvalue weighted by molar-refractivity contribution is 5.87. The maximum Gasteiger partial charge on any atom is 0.176 e. The topological polar surface area (TPSA) is 79.4 Å². The van der Waals surface area contributed by atoms with Gasteiger partial charge in [0.15, 0.2) is 11.5 Å². The van der Waals surface area contributed by atoms with E-state index in [1.807, 2.05) is 6.07 Å². The average Bonchev–Trinajstić information content (AvgIpc) is 2.25. The van der Waals surface area contributed by atoms with Crippen LogP contribution in [0.4, 0.5) is 0 Å². The number of aromatic nitrogens is 1. The highest BCUT2D eigenvalue weighted by Gasteiger charge is 2.06. The second-order valence-electron chi connectivity index (χ2n) is 3.38.